The van der Waals surface area contributed by atoms with Gasteiger partial charge in [0.25, 0.3) is 0 Å². The summed E-state index contributed by atoms with van der Waals surface area (Å²) >= 11 is 5.95. The minimum atomic E-state index is -0.430. The molecule has 0 saturated heterocycles. The normalized spacial score (nSPS) is 9.93. The third kappa shape index (κ3) is 2.86. The van der Waals surface area contributed by atoms with Gasteiger partial charge in [0.05, 0.1) is 5.02 Å². The Morgan fingerprint density at radius 2 is 1.80 bits per heavy atom. The minimum Gasteiger partial charge on any atom is -0.409 e. The summed E-state index contributed by atoms with van der Waals surface area (Å²) in [6, 6.07) is 3.55. The molecule has 0 heterocycles. The van der Waals surface area contributed by atoms with Gasteiger partial charge in [-0.05, 0) is 37.1 Å². The van der Waals surface area contributed by atoms with E-state index in [0.717, 1.165) is 11.1 Å². The quantitative estimate of drug-likeness (QED) is 0.738. The van der Waals surface area contributed by atoms with Gasteiger partial charge in [-0.2, -0.15) is 0 Å². The van der Waals surface area contributed by atoms with Gasteiger partial charge < -0.3 is 9.64 Å². The van der Waals surface area contributed by atoms with Crippen molar-refractivity contribution in [3.63, 3.8) is 0 Å². The first kappa shape index (κ1) is 11.9. The largest absolute Gasteiger partial charge is 0.414 e. The van der Waals surface area contributed by atoms with Crippen LogP contribution in [-0.2, 0) is 0 Å². The Bertz CT molecular complexity index is 388. The zero-order valence-corrected chi connectivity index (χ0v) is 10.1. The van der Waals surface area contributed by atoms with Crippen LogP contribution in [0.4, 0.5) is 4.79 Å². The van der Waals surface area contributed by atoms with Crippen molar-refractivity contribution in [2.24, 2.45) is 0 Å². The highest BCUT2D eigenvalue weighted by molar-refractivity contribution is 6.32. The lowest BCUT2D eigenvalue weighted by Gasteiger charge is -2.12. The number of ether oxygens (including phenoxy) is 1. The van der Waals surface area contributed by atoms with Crippen LogP contribution in [0.2, 0.25) is 5.02 Å². The molecule has 1 amide bonds. The van der Waals surface area contributed by atoms with Crippen molar-refractivity contribution in [3.8, 4) is 5.75 Å². The predicted molar refractivity (Wildman–Crippen MR) is 60.6 cm³/mol. The SMILES string of the molecule is Cc1cc(Cl)c(OC(=O)N(C)C)cc1C. The van der Waals surface area contributed by atoms with E-state index in [1.807, 2.05) is 13.8 Å². The van der Waals surface area contributed by atoms with Crippen molar-refractivity contribution >= 4 is 17.7 Å². The van der Waals surface area contributed by atoms with E-state index in [9.17, 15) is 4.79 Å². The topological polar surface area (TPSA) is 29.5 Å². The lowest BCUT2D eigenvalue weighted by Crippen LogP contribution is -2.25. The van der Waals surface area contributed by atoms with E-state index in [1.165, 1.54) is 4.90 Å². The summed E-state index contributed by atoms with van der Waals surface area (Å²) in [4.78, 5) is 12.7. The fraction of sp³-hybridized carbons (Fsp3) is 0.364. The molecular weight excluding hydrogens is 214 g/mol. The molecule has 0 atom stereocenters. The molecule has 1 aromatic rings. The van der Waals surface area contributed by atoms with E-state index in [0.29, 0.717) is 10.8 Å². The van der Waals surface area contributed by atoms with E-state index < -0.39 is 6.09 Å². The minimum absolute atomic E-state index is 0.401. The summed E-state index contributed by atoms with van der Waals surface area (Å²) in [5.41, 5.74) is 2.12. The molecule has 15 heavy (non-hydrogen) atoms. The zero-order valence-electron chi connectivity index (χ0n) is 9.30. The molecule has 82 valence electrons. The first-order chi connectivity index (χ1) is 6.91. The fourth-order valence-electron chi connectivity index (χ4n) is 1.02. The molecule has 0 radical (unpaired) electrons. The van der Waals surface area contributed by atoms with Crippen LogP contribution in [0.15, 0.2) is 12.1 Å². The maximum Gasteiger partial charge on any atom is 0.414 e. The van der Waals surface area contributed by atoms with E-state index in [-0.39, 0.29) is 0 Å². The van der Waals surface area contributed by atoms with Gasteiger partial charge in [0.15, 0.2) is 5.75 Å². The van der Waals surface area contributed by atoms with Gasteiger partial charge in [-0.15, -0.1) is 0 Å². The van der Waals surface area contributed by atoms with Crippen molar-refractivity contribution in [1.29, 1.82) is 0 Å². The first-order valence-corrected chi connectivity index (χ1v) is 4.95. The summed E-state index contributed by atoms with van der Waals surface area (Å²) in [6.07, 6.45) is -0.430. The smallest absolute Gasteiger partial charge is 0.409 e. The average Bonchev–Trinajstić information content (AvgIpc) is 2.13. The Hall–Kier alpha value is -1.22. The summed E-state index contributed by atoms with van der Waals surface area (Å²) in [7, 11) is 3.24. The Kier molecular flexibility index (Phi) is 3.58. The number of nitrogens with zero attached hydrogens (tertiary/aromatic N) is 1. The average molecular weight is 228 g/mol. The van der Waals surface area contributed by atoms with Crippen LogP contribution < -0.4 is 4.74 Å². The van der Waals surface area contributed by atoms with Crippen LogP contribution in [-0.4, -0.2) is 25.1 Å². The molecule has 0 aliphatic heterocycles. The van der Waals surface area contributed by atoms with Crippen LogP contribution in [0.1, 0.15) is 11.1 Å². The molecular formula is C11H14ClNO2. The van der Waals surface area contributed by atoms with E-state index in [4.69, 9.17) is 16.3 Å². The number of aryl methyl sites for hydroxylation is 2. The third-order valence-corrected chi connectivity index (χ3v) is 2.41. The van der Waals surface area contributed by atoms with Crippen molar-refractivity contribution < 1.29 is 9.53 Å². The second kappa shape index (κ2) is 4.53. The number of hydrogen-bond donors (Lipinski definition) is 0. The van der Waals surface area contributed by atoms with E-state index in [1.54, 1.807) is 26.2 Å². The highest BCUT2D eigenvalue weighted by atomic mass is 35.5. The molecule has 4 heteroatoms. The highest BCUT2D eigenvalue weighted by Gasteiger charge is 2.11. The van der Waals surface area contributed by atoms with Gasteiger partial charge >= 0.3 is 6.09 Å². The number of amides is 1. The maximum atomic E-state index is 11.3. The third-order valence-electron chi connectivity index (χ3n) is 2.11. The monoisotopic (exact) mass is 227 g/mol. The number of benzene rings is 1. The van der Waals surface area contributed by atoms with E-state index >= 15 is 0 Å². The Morgan fingerprint density at radius 1 is 1.27 bits per heavy atom. The zero-order chi connectivity index (χ0) is 11.6. The van der Waals surface area contributed by atoms with E-state index in [2.05, 4.69) is 0 Å². The number of carbonyl (C=O) groups excluding carboxylic acids is 1. The van der Waals surface area contributed by atoms with Crippen molar-refractivity contribution in [3.05, 3.63) is 28.3 Å². The maximum absolute atomic E-state index is 11.3. The second-order valence-electron chi connectivity index (χ2n) is 3.63. The Labute approximate surface area is 94.6 Å². The lowest BCUT2D eigenvalue weighted by molar-refractivity contribution is 0.172. The van der Waals surface area contributed by atoms with Gasteiger partial charge in [-0.3, -0.25) is 0 Å². The van der Waals surface area contributed by atoms with Crippen LogP contribution in [0, 0.1) is 13.8 Å². The molecule has 0 spiro atoms. The second-order valence-corrected chi connectivity index (χ2v) is 4.04. The number of rotatable bonds is 1. The van der Waals surface area contributed by atoms with Crippen LogP contribution in [0.5, 0.6) is 5.75 Å². The Balaban J connectivity index is 2.96. The molecule has 0 unspecified atom stereocenters. The number of halogens is 1. The molecule has 0 saturated carbocycles. The van der Waals surface area contributed by atoms with Crippen LogP contribution in [0.25, 0.3) is 0 Å². The predicted octanol–water partition coefficient (Wildman–Crippen LogP) is 3.02. The van der Waals surface area contributed by atoms with Gasteiger partial charge in [-0.25, -0.2) is 4.79 Å². The highest BCUT2D eigenvalue weighted by Crippen LogP contribution is 2.28. The number of hydrogen-bond acceptors (Lipinski definition) is 2. The van der Waals surface area contributed by atoms with Gasteiger partial charge in [0, 0.05) is 14.1 Å². The molecule has 0 aromatic heterocycles. The lowest BCUT2D eigenvalue weighted by atomic mass is 10.1. The summed E-state index contributed by atoms with van der Waals surface area (Å²) in [5.74, 6) is 0.401. The van der Waals surface area contributed by atoms with Crippen LogP contribution >= 0.6 is 11.6 Å². The standard InChI is InChI=1S/C11H14ClNO2/c1-7-5-9(12)10(6-8(7)2)15-11(14)13(3)4/h5-6H,1-4H3. The fourth-order valence-corrected chi connectivity index (χ4v) is 1.27. The van der Waals surface area contributed by atoms with Crippen LogP contribution in [0.3, 0.4) is 0 Å². The van der Waals surface area contributed by atoms with Crippen molar-refractivity contribution in [1.82, 2.24) is 4.90 Å². The van der Waals surface area contributed by atoms with Crippen molar-refractivity contribution in [2.75, 3.05) is 14.1 Å². The van der Waals surface area contributed by atoms with Gasteiger partial charge in [-0.1, -0.05) is 11.6 Å². The Morgan fingerprint density at radius 3 is 2.33 bits per heavy atom. The van der Waals surface area contributed by atoms with Crippen molar-refractivity contribution in [2.45, 2.75) is 13.8 Å². The molecule has 1 aromatic carbocycles. The molecule has 0 bridgehead atoms. The molecule has 0 aliphatic rings. The summed E-state index contributed by atoms with van der Waals surface area (Å²) < 4.78 is 5.10. The molecule has 0 fully saturated rings. The van der Waals surface area contributed by atoms with Gasteiger partial charge in [0.2, 0.25) is 0 Å². The molecule has 0 N–H and O–H groups in total. The molecule has 0 aliphatic carbocycles. The summed E-state index contributed by atoms with van der Waals surface area (Å²) in [6.45, 7) is 3.90. The molecule has 1 rings (SSSR count). The summed E-state index contributed by atoms with van der Waals surface area (Å²) in [5, 5.41) is 0.452. The number of carbonyl (C=O) groups is 1. The molecule has 3 nitrogen and oxygen atoms in total. The van der Waals surface area contributed by atoms with Gasteiger partial charge in [0.1, 0.15) is 0 Å². The first-order valence-electron chi connectivity index (χ1n) is 4.57.